The molecule has 7 heteroatoms. The zero-order valence-electron chi connectivity index (χ0n) is 10.6. The average Bonchev–Trinajstić information content (AvgIpc) is 2.36. The van der Waals surface area contributed by atoms with Gasteiger partial charge in [0, 0.05) is 11.9 Å². The normalized spacial score (nSPS) is 12.1. The number of aliphatic carboxylic acids is 1. The van der Waals surface area contributed by atoms with Crippen molar-refractivity contribution in [3.05, 3.63) is 27.7 Å². The third-order valence-electron chi connectivity index (χ3n) is 2.73. The van der Waals surface area contributed by atoms with Gasteiger partial charge in [0.15, 0.2) is 0 Å². The minimum Gasteiger partial charge on any atom is -0.480 e. The van der Waals surface area contributed by atoms with Gasteiger partial charge in [-0.3, -0.25) is 4.79 Å². The second-order valence-corrected chi connectivity index (χ2v) is 5.56. The maximum absolute atomic E-state index is 12.2. The van der Waals surface area contributed by atoms with Crippen LogP contribution < -0.4 is 0 Å². The summed E-state index contributed by atoms with van der Waals surface area (Å²) in [5, 5.41) is 9.58. The van der Waals surface area contributed by atoms with Gasteiger partial charge in [0.05, 0.1) is 15.6 Å². The summed E-state index contributed by atoms with van der Waals surface area (Å²) in [5.41, 5.74) is 0.242. The number of hydrogen-bond acceptors (Lipinski definition) is 3. The Morgan fingerprint density at radius 2 is 1.89 bits per heavy atom. The number of nitrogens with zero attached hydrogens (tertiary/aromatic N) is 1. The number of thioether (sulfide) groups is 1. The van der Waals surface area contributed by atoms with Crippen molar-refractivity contribution in [3.8, 4) is 0 Å². The SMILES string of the molecule is CSc1cc(C(=O)N(C)C(C)C(=O)O)c(Cl)cc1Cl. The highest BCUT2D eigenvalue weighted by atomic mass is 35.5. The molecular weight excluding hydrogens is 309 g/mol. The number of rotatable bonds is 4. The molecule has 0 saturated heterocycles. The average molecular weight is 322 g/mol. The number of carbonyl (C=O) groups is 2. The van der Waals surface area contributed by atoms with Crippen LogP contribution in [0.4, 0.5) is 0 Å². The first kappa shape index (κ1) is 16.1. The first-order valence-corrected chi connectivity index (χ1v) is 7.30. The van der Waals surface area contributed by atoms with Crippen LogP contribution in [0, 0.1) is 0 Å². The smallest absolute Gasteiger partial charge is 0.326 e. The van der Waals surface area contributed by atoms with Crippen LogP contribution in [0.5, 0.6) is 0 Å². The third kappa shape index (κ3) is 3.55. The Hall–Kier alpha value is -0.910. The predicted molar refractivity (Wildman–Crippen MR) is 77.4 cm³/mol. The molecular formula is C12H13Cl2NO3S. The van der Waals surface area contributed by atoms with Gasteiger partial charge in [-0.2, -0.15) is 0 Å². The minimum atomic E-state index is -1.08. The van der Waals surface area contributed by atoms with Gasteiger partial charge in [0.25, 0.3) is 5.91 Å². The maximum Gasteiger partial charge on any atom is 0.326 e. The van der Waals surface area contributed by atoms with E-state index < -0.39 is 17.9 Å². The van der Waals surface area contributed by atoms with Gasteiger partial charge in [0.1, 0.15) is 6.04 Å². The molecule has 1 N–H and O–H groups in total. The molecule has 1 amide bonds. The summed E-state index contributed by atoms with van der Waals surface area (Å²) < 4.78 is 0. The Kier molecular flexibility index (Phi) is 5.52. The fraction of sp³-hybridized carbons (Fsp3) is 0.333. The van der Waals surface area contributed by atoms with Gasteiger partial charge in [-0.25, -0.2) is 4.79 Å². The number of hydrogen-bond donors (Lipinski definition) is 1. The summed E-state index contributed by atoms with van der Waals surface area (Å²) in [4.78, 5) is 24.9. The molecule has 19 heavy (non-hydrogen) atoms. The van der Waals surface area contributed by atoms with E-state index in [-0.39, 0.29) is 10.6 Å². The summed E-state index contributed by atoms with van der Waals surface area (Å²) in [6.45, 7) is 1.43. The molecule has 1 rings (SSSR count). The van der Waals surface area contributed by atoms with Crippen LogP contribution >= 0.6 is 35.0 Å². The lowest BCUT2D eigenvalue weighted by molar-refractivity contribution is -0.141. The van der Waals surface area contributed by atoms with Gasteiger partial charge in [-0.15, -0.1) is 11.8 Å². The Morgan fingerprint density at radius 1 is 1.32 bits per heavy atom. The van der Waals surface area contributed by atoms with Crippen molar-refractivity contribution in [2.75, 3.05) is 13.3 Å². The van der Waals surface area contributed by atoms with Crippen LogP contribution in [0.3, 0.4) is 0 Å². The van der Waals surface area contributed by atoms with E-state index >= 15 is 0 Å². The van der Waals surface area contributed by atoms with E-state index in [0.29, 0.717) is 9.92 Å². The van der Waals surface area contributed by atoms with E-state index in [1.165, 1.54) is 31.8 Å². The van der Waals surface area contributed by atoms with Crippen molar-refractivity contribution in [1.82, 2.24) is 4.90 Å². The van der Waals surface area contributed by atoms with Crippen LogP contribution in [0.15, 0.2) is 17.0 Å². The van der Waals surface area contributed by atoms with Gasteiger partial charge >= 0.3 is 5.97 Å². The van der Waals surface area contributed by atoms with Gasteiger partial charge in [-0.05, 0) is 25.3 Å². The number of carbonyl (C=O) groups excluding carboxylic acids is 1. The van der Waals surface area contributed by atoms with Crippen LogP contribution in [0.1, 0.15) is 17.3 Å². The molecule has 104 valence electrons. The highest BCUT2D eigenvalue weighted by Gasteiger charge is 2.25. The van der Waals surface area contributed by atoms with Gasteiger partial charge in [0.2, 0.25) is 0 Å². The standard InChI is InChI=1S/C12H13Cl2NO3S/c1-6(12(17)18)15(2)11(16)7-4-10(19-3)9(14)5-8(7)13/h4-6H,1-3H3,(H,17,18). The van der Waals surface area contributed by atoms with Crippen molar-refractivity contribution < 1.29 is 14.7 Å². The second-order valence-electron chi connectivity index (χ2n) is 3.90. The zero-order chi connectivity index (χ0) is 14.7. The van der Waals surface area contributed by atoms with E-state index in [1.54, 1.807) is 6.07 Å². The van der Waals surface area contributed by atoms with Crippen LogP contribution in [0.2, 0.25) is 10.0 Å². The summed E-state index contributed by atoms with van der Waals surface area (Å²) in [6, 6.07) is 2.13. The summed E-state index contributed by atoms with van der Waals surface area (Å²) >= 11 is 13.4. The van der Waals surface area contributed by atoms with Gasteiger partial charge in [-0.1, -0.05) is 23.2 Å². The molecule has 0 heterocycles. The van der Waals surface area contributed by atoms with E-state index in [1.807, 2.05) is 6.26 Å². The maximum atomic E-state index is 12.2. The van der Waals surface area contributed by atoms with E-state index in [2.05, 4.69) is 0 Å². The molecule has 0 spiro atoms. The lowest BCUT2D eigenvalue weighted by atomic mass is 10.1. The molecule has 0 bridgehead atoms. The number of carboxylic acid groups (broad SMARTS) is 1. The van der Waals surface area contributed by atoms with Crippen molar-refractivity contribution in [3.63, 3.8) is 0 Å². The fourth-order valence-corrected chi connectivity index (χ4v) is 2.57. The van der Waals surface area contributed by atoms with Crippen molar-refractivity contribution in [2.24, 2.45) is 0 Å². The first-order valence-electron chi connectivity index (χ1n) is 5.32. The Labute approximate surface area is 125 Å². The number of likely N-dealkylation sites (N-methyl/N-ethyl adjacent to an activating group) is 1. The molecule has 0 fully saturated rings. The third-order valence-corrected chi connectivity index (χ3v) is 4.25. The minimum absolute atomic E-state index is 0.206. The molecule has 0 aliphatic heterocycles. The molecule has 1 unspecified atom stereocenters. The molecule has 0 aromatic heterocycles. The van der Waals surface area contributed by atoms with Gasteiger partial charge < -0.3 is 10.0 Å². The highest BCUT2D eigenvalue weighted by Crippen LogP contribution is 2.31. The monoisotopic (exact) mass is 321 g/mol. The Balaban J connectivity index is 3.16. The molecule has 1 atom stereocenters. The molecule has 0 radical (unpaired) electrons. The number of amides is 1. The van der Waals surface area contributed by atoms with Crippen LogP contribution in [-0.2, 0) is 4.79 Å². The molecule has 0 aliphatic carbocycles. The Bertz CT molecular complexity index is 522. The zero-order valence-corrected chi connectivity index (χ0v) is 12.9. The first-order chi connectivity index (χ1) is 8.79. The quantitative estimate of drug-likeness (QED) is 0.865. The van der Waals surface area contributed by atoms with Crippen molar-refractivity contribution in [1.29, 1.82) is 0 Å². The van der Waals surface area contributed by atoms with Crippen molar-refractivity contribution >= 4 is 46.8 Å². The molecule has 0 aliphatic rings. The number of halogens is 2. The van der Waals surface area contributed by atoms with E-state index in [4.69, 9.17) is 28.3 Å². The highest BCUT2D eigenvalue weighted by molar-refractivity contribution is 7.98. The number of carboxylic acids is 1. The largest absolute Gasteiger partial charge is 0.480 e. The summed E-state index contributed by atoms with van der Waals surface area (Å²) in [7, 11) is 1.42. The van der Waals surface area contributed by atoms with Crippen molar-refractivity contribution in [2.45, 2.75) is 17.9 Å². The molecule has 1 aromatic carbocycles. The van der Waals surface area contributed by atoms with Crippen LogP contribution in [-0.4, -0.2) is 41.2 Å². The molecule has 1 aromatic rings. The molecule has 4 nitrogen and oxygen atoms in total. The topological polar surface area (TPSA) is 57.6 Å². The second kappa shape index (κ2) is 6.50. The van der Waals surface area contributed by atoms with E-state index in [0.717, 1.165) is 4.90 Å². The summed E-state index contributed by atoms with van der Waals surface area (Å²) in [5.74, 6) is -1.53. The van der Waals surface area contributed by atoms with Crippen LogP contribution in [0.25, 0.3) is 0 Å². The Morgan fingerprint density at radius 3 is 2.37 bits per heavy atom. The summed E-state index contributed by atoms with van der Waals surface area (Å²) in [6.07, 6.45) is 1.83. The number of benzene rings is 1. The lowest BCUT2D eigenvalue weighted by Crippen LogP contribution is -2.40. The lowest BCUT2D eigenvalue weighted by Gasteiger charge is -2.22. The predicted octanol–water partition coefficient (Wildman–Crippen LogP) is 3.26. The van der Waals surface area contributed by atoms with E-state index in [9.17, 15) is 9.59 Å². The molecule has 0 saturated carbocycles. The fourth-order valence-electron chi connectivity index (χ4n) is 1.38.